The number of rotatable bonds is 3. The fraction of sp³-hybridized carbons (Fsp3) is 0.538. The van der Waals surface area contributed by atoms with Gasteiger partial charge in [0.15, 0.2) is 0 Å². The van der Waals surface area contributed by atoms with E-state index in [1.165, 1.54) is 0 Å². The molecule has 1 saturated heterocycles. The first-order valence-corrected chi connectivity index (χ1v) is 6.33. The number of likely N-dealkylation sites (tertiary alicyclic amines) is 1. The van der Waals surface area contributed by atoms with Gasteiger partial charge in [0.2, 0.25) is 0 Å². The average molecular weight is 248 g/mol. The van der Waals surface area contributed by atoms with Crippen LogP contribution in [0.1, 0.15) is 28.9 Å². The summed E-state index contributed by atoms with van der Waals surface area (Å²) < 4.78 is 0. The SMILES string of the molecule is CN1CCCC(NC(=O)c2cc(CN)ccn2)C1. The average Bonchev–Trinajstić information content (AvgIpc) is 2.39. The highest BCUT2D eigenvalue weighted by atomic mass is 16.1. The van der Waals surface area contributed by atoms with E-state index in [2.05, 4.69) is 22.2 Å². The molecule has 1 aromatic heterocycles. The Kier molecular flexibility index (Phi) is 4.28. The number of carbonyl (C=O) groups excluding carboxylic acids is 1. The molecule has 1 amide bonds. The molecule has 0 saturated carbocycles. The largest absolute Gasteiger partial charge is 0.347 e. The number of carbonyl (C=O) groups is 1. The first kappa shape index (κ1) is 13.0. The summed E-state index contributed by atoms with van der Waals surface area (Å²) in [5.41, 5.74) is 6.93. The van der Waals surface area contributed by atoms with Crippen LogP contribution in [0.2, 0.25) is 0 Å². The monoisotopic (exact) mass is 248 g/mol. The van der Waals surface area contributed by atoms with Crippen LogP contribution in [0, 0.1) is 0 Å². The highest BCUT2D eigenvalue weighted by Gasteiger charge is 2.20. The van der Waals surface area contributed by atoms with Crippen LogP contribution in [-0.2, 0) is 6.54 Å². The summed E-state index contributed by atoms with van der Waals surface area (Å²) in [7, 11) is 2.08. The Morgan fingerprint density at radius 2 is 2.50 bits per heavy atom. The number of hydrogen-bond donors (Lipinski definition) is 2. The molecule has 1 atom stereocenters. The summed E-state index contributed by atoms with van der Waals surface area (Å²) in [5, 5.41) is 3.03. The topological polar surface area (TPSA) is 71.2 Å². The van der Waals surface area contributed by atoms with E-state index in [0.29, 0.717) is 12.2 Å². The van der Waals surface area contributed by atoms with Crippen LogP contribution < -0.4 is 11.1 Å². The second kappa shape index (κ2) is 5.93. The lowest BCUT2D eigenvalue weighted by atomic mass is 10.1. The van der Waals surface area contributed by atoms with Crippen molar-refractivity contribution in [3.8, 4) is 0 Å². The molecule has 0 aromatic carbocycles. The van der Waals surface area contributed by atoms with Gasteiger partial charge in [-0.05, 0) is 44.1 Å². The van der Waals surface area contributed by atoms with E-state index in [1.54, 1.807) is 12.3 Å². The molecule has 2 heterocycles. The summed E-state index contributed by atoms with van der Waals surface area (Å²) in [6, 6.07) is 3.80. The fourth-order valence-corrected chi connectivity index (χ4v) is 2.27. The van der Waals surface area contributed by atoms with Gasteiger partial charge in [-0.3, -0.25) is 9.78 Å². The standard InChI is InChI=1S/C13H20N4O/c1-17-6-2-3-11(9-17)16-13(18)12-7-10(8-14)4-5-15-12/h4-5,7,11H,2-3,6,8-9,14H2,1H3,(H,16,18). The maximum atomic E-state index is 12.1. The van der Waals surface area contributed by atoms with Gasteiger partial charge >= 0.3 is 0 Å². The van der Waals surface area contributed by atoms with Crippen LogP contribution in [0.25, 0.3) is 0 Å². The van der Waals surface area contributed by atoms with Crippen molar-refractivity contribution in [2.45, 2.75) is 25.4 Å². The van der Waals surface area contributed by atoms with Crippen LogP contribution in [0.3, 0.4) is 0 Å². The highest BCUT2D eigenvalue weighted by Crippen LogP contribution is 2.09. The number of likely N-dealkylation sites (N-methyl/N-ethyl adjacent to an activating group) is 1. The maximum absolute atomic E-state index is 12.1. The first-order chi connectivity index (χ1) is 8.69. The van der Waals surface area contributed by atoms with E-state index in [-0.39, 0.29) is 11.9 Å². The predicted octanol–water partition coefficient (Wildman–Crippen LogP) is 0.364. The molecule has 1 aliphatic heterocycles. The Hall–Kier alpha value is -1.46. The van der Waals surface area contributed by atoms with Crippen molar-refractivity contribution < 1.29 is 4.79 Å². The molecule has 1 aliphatic rings. The van der Waals surface area contributed by atoms with E-state index in [9.17, 15) is 4.79 Å². The molecule has 5 nitrogen and oxygen atoms in total. The van der Waals surface area contributed by atoms with Gasteiger partial charge in [0, 0.05) is 25.3 Å². The van der Waals surface area contributed by atoms with Crippen molar-refractivity contribution in [3.05, 3.63) is 29.6 Å². The molecule has 1 fully saturated rings. The van der Waals surface area contributed by atoms with E-state index >= 15 is 0 Å². The molecule has 0 radical (unpaired) electrons. The lowest BCUT2D eigenvalue weighted by Crippen LogP contribution is -2.46. The van der Waals surface area contributed by atoms with Gasteiger partial charge in [0.1, 0.15) is 5.69 Å². The van der Waals surface area contributed by atoms with Crippen LogP contribution in [-0.4, -0.2) is 42.0 Å². The molecule has 1 aromatic rings. The number of pyridine rings is 1. The Bertz CT molecular complexity index is 421. The quantitative estimate of drug-likeness (QED) is 0.810. The summed E-state index contributed by atoms with van der Waals surface area (Å²) in [4.78, 5) is 18.4. The van der Waals surface area contributed by atoms with Gasteiger partial charge in [0.25, 0.3) is 5.91 Å². The van der Waals surface area contributed by atoms with Crippen molar-refractivity contribution in [3.63, 3.8) is 0 Å². The lowest BCUT2D eigenvalue weighted by molar-refractivity contribution is 0.0907. The fourth-order valence-electron chi connectivity index (χ4n) is 2.27. The molecule has 5 heteroatoms. The molecular weight excluding hydrogens is 228 g/mol. The van der Waals surface area contributed by atoms with Crippen LogP contribution in [0.15, 0.2) is 18.3 Å². The minimum Gasteiger partial charge on any atom is -0.347 e. The zero-order chi connectivity index (χ0) is 13.0. The number of amides is 1. The summed E-state index contributed by atoms with van der Waals surface area (Å²) in [6.07, 6.45) is 3.79. The molecule has 1 unspecified atom stereocenters. The molecule has 2 rings (SSSR count). The van der Waals surface area contributed by atoms with Gasteiger partial charge < -0.3 is 16.0 Å². The smallest absolute Gasteiger partial charge is 0.270 e. The van der Waals surface area contributed by atoms with E-state index < -0.39 is 0 Å². The Labute approximate surface area is 107 Å². The number of piperidine rings is 1. The molecule has 0 spiro atoms. The van der Waals surface area contributed by atoms with Crippen molar-refractivity contribution in [1.29, 1.82) is 0 Å². The molecule has 98 valence electrons. The third kappa shape index (κ3) is 3.27. The summed E-state index contributed by atoms with van der Waals surface area (Å²) >= 11 is 0. The highest BCUT2D eigenvalue weighted by molar-refractivity contribution is 5.92. The normalized spacial score (nSPS) is 20.7. The van der Waals surface area contributed by atoms with E-state index in [1.807, 2.05) is 6.07 Å². The minimum absolute atomic E-state index is 0.106. The number of aromatic nitrogens is 1. The minimum atomic E-state index is -0.106. The van der Waals surface area contributed by atoms with Gasteiger partial charge in [-0.1, -0.05) is 0 Å². The number of nitrogens with one attached hydrogen (secondary N) is 1. The molecular formula is C13H20N4O. The lowest BCUT2D eigenvalue weighted by Gasteiger charge is -2.30. The number of nitrogens with zero attached hydrogens (tertiary/aromatic N) is 2. The van der Waals surface area contributed by atoms with Crippen molar-refractivity contribution >= 4 is 5.91 Å². The van der Waals surface area contributed by atoms with Crippen molar-refractivity contribution in [1.82, 2.24) is 15.2 Å². The number of nitrogens with two attached hydrogens (primary N) is 1. The third-order valence-corrected chi connectivity index (χ3v) is 3.25. The second-order valence-electron chi connectivity index (χ2n) is 4.83. The van der Waals surface area contributed by atoms with Gasteiger partial charge in [-0.15, -0.1) is 0 Å². The van der Waals surface area contributed by atoms with Crippen molar-refractivity contribution in [2.75, 3.05) is 20.1 Å². The van der Waals surface area contributed by atoms with Crippen molar-refractivity contribution in [2.24, 2.45) is 5.73 Å². The predicted molar refractivity (Wildman–Crippen MR) is 70.1 cm³/mol. The molecule has 3 N–H and O–H groups in total. The summed E-state index contributed by atoms with van der Waals surface area (Å²) in [5.74, 6) is -0.106. The Balaban J connectivity index is 1.98. The van der Waals surface area contributed by atoms with Gasteiger partial charge in [-0.2, -0.15) is 0 Å². The number of hydrogen-bond acceptors (Lipinski definition) is 4. The zero-order valence-corrected chi connectivity index (χ0v) is 10.7. The van der Waals surface area contributed by atoms with Crippen LogP contribution >= 0.6 is 0 Å². The van der Waals surface area contributed by atoms with Gasteiger partial charge in [-0.25, -0.2) is 0 Å². The van der Waals surface area contributed by atoms with Gasteiger partial charge in [0.05, 0.1) is 0 Å². The zero-order valence-electron chi connectivity index (χ0n) is 10.7. The summed E-state index contributed by atoms with van der Waals surface area (Å²) in [6.45, 7) is 2.44. The van der Waals surface area contributed by atoms with E-state index in [4.69, 9.17) is 5.73 Å². The van der Waals surface area contributed by atoms with Crippen LogP contribution in [0.5, 0.6) is 0 Å². The third-order valence-electron chi connectivity index (χ3n) is 3.25. The molecule has 18 heavy (non-hydrogen) atoms. The van der Waals surface area contributed by atoms with E-state index in [0.717, 1.165) is 31.5 Å². The maximum Gasteiger partial charge on any atom is 0.270 e. The first-order valence-electron chi connectivity index (χ1n) is 6.33. The van der Waals surface area contributed by atoms with Crippen LogP contribution in [0.4, 0.5) is 0 Å². The molecule has 0 aliphatic carbocycles. The Morgan fingerprint density at radius 1 is 1.67 bits per heavy atom. The Morgan fingerprint density at radius 3 is 3.22 bits per heavy atom. The molecule has 0 bridgehead atoms. The second-order valence-corrected chi connectivity index (χ2v) is 4.83.